The van der Waals surface area contributed by atoms with E-state index < -0.39 is 0 Å². The lowest BCUT2D eigenvalue weighted by Gasteiger charge is -2.16. The first kappa shape index (κ1) is 21.6. The lowest BCUT2D eigenvalue weighted by atomic mass is 9.98. The molecule has 1 N–H and O–H groups in total. The van der Waals surface area contributed by atoms with E-state index in [1.165, 1.54) is 5.56 Å². The Labute approximate surface area is 198 Å². The molecule has 2 heterocycles. The van der Waals surface area contributed by atoms with Gasteiger partial charge in [-0.1, -0.05) is 66.7 Å². The normalized spacial score (nSPS) is 11.0. The molecule has 0 spiro atoms. The lowest BCUT2D eigenvalue weighted by Crippen LogP contribution is -2.25. The molecular formula is C29H26N4O. The molecule has 0 bridgehead atoms. The maximum absolute atomic E-state index is 13.6. The highest BCUT2D eigenvalue weighted by Gasteiger charge is 2.18. The number of hydrogen-bond donors (Lipinski definition) is 1. The predicted molar refractivity (Wildman–Crippen MR) is 139 cm³/mol. The molecule has 3 aromatic carbocycles. The van der Waals surface area contributed by atoms with Crippen LogP contribution in [0.25, 0.3) is 33.2 Å². The molecule has 168 valence electrons. The Morgan fingerprint density at radius 3 is 2.35 bits per heavy atom. The Balaban J connectivity index is 1.52. The van der Waals surface area contributed by atoms with Gasteiger partial charge in [-0.05, 0) is 52.9 Å². The Kier molecular flexibility index (Phi) is 6.17. The van der Waals surface area contributed by atoms with Crippen LogP contribution in [0.1, 0.15) is 12.0 Å². The largest absolute Gasteiger partial charge is 0.356 e. The standard InChI is InChI=1S/C29H26N4O/c1-33-28(34)26(25-14-13-22-11-5-6-12-24(22)20-25)27(23-15-18-30-19-16-23)32-29(33)31-17-7-10-21-8-3-2-4-9-21/h2-6,8-9,11-16,18-20H,7,10,17H2,1H3,(H,31,32). The van der Waals surface area contributed by atoms with Crippen molar-refractivity contribution in [3.63, 3.8) is 0 Å². The molecule has 0 aliphatic heterocycles. The average Bonchev–Trinajstić information content (AvgIpc) is 2.89. The number of nitrogens with zero attached hydrogens (tertiary/aromatic N) is 3. The molecule has 0 amide bonds. The van der Waals surface area contributed by atoms with E-state index in [1.807, 2.05) is 36.4 Å². The van der Waals surface area contributed by atoms with Gasteiger partial charge < -0.3 is 5.32 Å². The van der Waals surface area contributed by atoms with Gasteiger partial charge in [0.2, 0.25) is 5.95 Å². The van der Waals surface area contributed by atoms with Crippen LogP contribution in [0.5, 0.6) is 0 Å². The van der Waals surface area contributed by atoms with E-state index in [4.69, 9.17) is 4.98 Å². The number of hydrogen-bond acceptors (Lipinski definition) is 4. The van der Waals surface area contributed by atoms with Gasteiger partial charge in [-0.3, -0.25) is 14.3 Å². The number of aryl methyl sites for hydroxylation is 1. The summed E-state index contributed by atoms with van der Waals surface area (Å²) in [6.45, 7) is 0.723. The third kappa shape index (κ3) is 4.46. The van der Waals surface area contributed by atoms with E-state index in [1.54, 1.807) is 24.0 Å². The van der Waals surface area contributed by atoms with Crippen LogP contribution in [-0.2, 0) is 13.5 Å². The van der Waals surface area contributed by atoms with Gasteiger partial charge >= 0.3 is 0 Å². The first-order valence-corrected chi connectivity index (χ1v) is 11.5. The fourth-order valence-electron chi connectivity index (χ4n) is 4.22. The summed E-state index contributed by atoms with van der Waals surface area (Å²) >= 11 is 0. The first-order chi connectivity index (χ1) is 16.7. The third-order valence-electron chi connectivity index (χ3n) is 6.05. The number of fused-ring (bicyclic) bond motifs is 1. The van der Waals surface area contributed by atoms with E-state index in [-0.39, 0.29) is 5.56 Å². The fourth-order valence-corrected chi connectivity index (χ4v) is 4.22. The average molecular weight is 447 g/mol. The summed E-state index contributed by atoms with van der Waals surface area (Å²) in [5.74, 6) is 0.564. The minimum Gasteiger partial charge on any atom is -0.356 e. The molecule has 0 aliphatic carbocycles. The first-order valence-electron chi connectivity index (χ1n) is 11.5. The zero-order valence-electron chi connectivity index (χ0n) is 19.1. The molecule has 5 heteroatoms. The second-order valence-corrected chi connectivity index (χ2v) is 8.34. The SMILES string of the molecule is Cn1c(NCCCc2ccccc2)nc(-c2ccncc2)c(-c2ccc3ccccc3c2)c1=O. The molecular weight excluding hydrogens is 420 g/mol. The molecule has 0 saturated heterocycles. The van der Waals surface area contributed by atoms with Crippen molar-refractivity contribution < 1.29 is 0 Å². The number of nitrogens with one attached hydrogen (secondary N) is 1. The summed E-state index contributed by atoms with van der Waals surface area (Å²) < 4.78 is 1.61. The topological polar surface area (TPSA) is 59.8 Å². The van der Waals surface area contributed by atoms with E-state index in [2.05, 4.69) is 58.8 Å². The number of pyridine rings is 1. The Bertz CT molecular complexity index is 1480. The summed E-state index contributed by atoms with van der Waals surface area (Å²) in [6, 6.07) is 28.5. The molecule has 5 aromatic rings. The van der Waals surface area contributed by atoms with Gasteiger partial charge in [0.15, 0.2) is 0 Å². The third-order valence-corrected chi connectivity index (χ3v) is 6.05. The minimum absolute atomic E-state index is 0.0809. The summed E-state index contributed by atoms with van der Waals surface area (Å²) in [4.78, 5) is 22.7. The smallest absolute Gasteiger partial charge is 0.263 e. The zero-order valence-corrected chi connectivity index (χ0v) is 19.1. The Morgan fingerprint density at radius 1 is 0.824 bits per heavy atom. The van der Waals surface area contributed by atoms with Crippen LogP contribution in [0.4, 0.5) is 5.95 Å². The maximum atomic E-state index is 13.6. The monoisotopic (exact) mass is 446 g/mol. The van der Waals surface area contributed by atoms with Gasteiger partial charge in [0, 0.05) is 31.5 Å². The summed E-state index contributed by atoms with van der Waals surface area (Å²) in [5, 5.41) is 5.60. The molecule has 0 saturated carbocycles. The lowest BCUT2D eigenvalue weighted by molar-refractivity contribution is 0.798. The van der Waals surface area contributed by atoms with E-state index >= 15 is 0 Å². The van der Waals surface area contributed by atoms with Crippen LogP contribution in [0.2, 0.25) is 0 Å². The van der Waals surface area contributed by atoms with Crippen molar-refractivity contribution in [3.05, 3.63) is 113 Å². The maximum Gasteiger partial charge on any atom is 0.263 e. The van der Waals surface area contributed by atoms with Crippen molar-refractivity contribution in [2.24, 2.45) is 7.05 Å². The highest BCUT2D eigenvalue weighted by atomic mass is 16.1. The van der Waals surface area contributed by atoms with Crippen molar-refractivity contribution in [1.82, 2.24) is 14.5 Å². The Hall–Kier alpha value is -4.25. The molecule has 0 unspecified atom stereocenters. The molecule has 5 nitrogen and oxygen atoms in total. The minimum atomic E-state index is -0.0809. The van der Waals surface area contributed by atoms with Gasteiger partial charge in [0.05, 0.1) is 11.3 Å². The predicted octanol–water partition coefficient (Wildman–Crippen LogP) is 5.71. The molecule has 5 rings (SSSR count). The quantitative estimate of drug-likeness (QED) is 0.326. The van der Waals surface area contributed by atoms with E-state index in [9.17, 15) is 4.79 Å². The van der Waals surface area contributed by atoms with E-state index in [0.29, 0.717) is 17.2 Å². The van der Waals surface area contributed by atoms with Crippen LogP contribution >= 0.6 is 0 Å². The number of benzene rings is 3. The van der Waals surface area contributed by atoms with Gasteiger partial charge in [-0.15, -0.1) is 0 Å². The zero-order chi connectivity index (χ0) is 23.3. The van der Waals surface area contributed by atoms with Gasteiger partial charge in [-0.2, -0.15) is 0 Å². The molecule has 0 aliphatic rings. The van der Waals surface area contributed by atoms with Crippen molar-refractivity contribution in [2.45, 2.75) is 12.8 Å². The highest BCUT2D eigenvalue weighted by molar-refractivity contribution is 5.90. The van der Waals surface area contributed by atoms with E-state index in [0.717, 1.165) is 41.3 Å². The summed E-state index contributed by atoms with van der Waals surface area (Å²) in [6.07, 6.45) is 5.36. The summed E-state index contributed by atoms with van der Waals surface area (Å²) in [5.41, 5.74) is 4.19. The number of anilines is 1. The van der Waals surface area contributed by atoms with Gasteiger partial charge in [0.1, 0.15) is 0 Å². The van der Waals surface area contributed by atoms with Crippen molar-refractivity contribution in [1.29, 1.82) is 0 Å². The van der Waals surface area contributed by atoms with Gasteiger partial charge in [-0.25, -0.2) is 4.98 Å². The van der Waals surface area contributed by atoms with Crippen LogP contribution in [0, 0.1) is 0 Å². The van der Waals surface area contributed by atoms with Crippen LogP contribution in [-0.4, -0.2) is 21.1 Å². The molecule has 2 aromatic heterocycles. The molecule has 0 atom stereocenters. The summed E-state index contributed by atoms with van der Waals surface area (Å²) in [7, 11) is 1.77. The van der Waals surface area contributed by atoms with Crippen LogP contribution < -0.4 is 10.9 Å². The molecule has 34 heavy (non-hydrogen) atoms. The number of rotatable bonds is 7. The van der Waals surface area contributed by atoms with Crippen molar-refractivity contribution >= 4 is 16.7 Å². The van der Waals surface area contributed by atoms with Crippen LogP contribution in [0.3, 0.4) is 0 Å². The molecule has 0 radical (unpaired) electrons. The highest BCUT2D eigenvalue weighted by Crippen LogP contribution is 2.30. The van der Waals surface area contributed by atoms with Gasteiger partial charge in [0.25, 0.3) is 5.56 Å². The second kappa shape index (κ2) is 9.71. The van der Waals surface area contributed by atoms with Crippen molar-refractivity contribution in [2.75, 3.05) is 11.9 Å². The number of aromatic nitrogens is 3. The van der Waals surface area contributed by atoms with Crippen LogP contribution in [0.15, 0.2) is 102 Å². The second-order valence-electron chi connectivity index (χ2n) is 8.34. The fraction of sp³-hybridized carbons (Fsp3) is 0.138. The Morgan fingerprint density at radius 2 is 1.56 bits per heavy atom. The molecule has 0 fully saturated rings. The van der Waals surface area contributed by atoms with Crippen molar-refractivity contribution in [3.8, 4) is 22.4 Å².